The monoisotopic (exact) mass is 246 g/mol. The number of carbonyl (C=O) groups excluding carboxylic acids is 1. The molecule has 0 amide bonds. The SMILES string of the molecule is COC(=O)C#Cc1ccc(F)cc1C(F)(F)F. The van der Waals surface area contributed by atoms with Crippen LogP contribution in [0.2, 0.25) is 0 Å². The van der Waals surface area contributed by atoms with Crippen LogP contribution in [0.25, 0.3) is 0 Å². The van der Waals surface area contributed by atoms with Gasteiger partial charge in [0.25, 0.3) is 0 Å². The number of hydrogen-bond acceptors (Lipinski definition) is 2. The van der Waals surface area contributed by atoms with Crippen molar-refractivity contribution >= 4 is 5.97 Å². The van der Waals surface area contributed by atoms with Gasteiger partial charge in [0.15, 0.2) is 0 Å². The topological polar surface area (TPSA) is 26.3 Å². The molecule has 0 aromatic heterocycles. The summed E-state index contributed by atoms with van der Waals surface area (Å²) in [7, 11) is 1.05. The average Bonchev–Trinajstić information content (AvgIpc) is 2.25. The summed E-state index contributed by atoms with van der Waals surface area (Å²) in [5.41, 5.74) is -1.71. The summed E-state index contributed by atoms with van der Waals surface area (Å²) >= 11 is 0. The molecule has 0 atom stereocenters. The maximum atomic E-state index is 12.7. The predicted molar refractivity (Wildman–Crippen MR) is 50.3 cm³/mol. The number of esters is 1. The summed E-state index contributed by atoms with van der Waals surface area (Å²) in [4.78, 5) is 10.7. The first-order valence-corrected chi connectivity index (χ1v) is 4.31. The molecule has 0 bridgehead atoms. The van der Waals surface area contributed by atoms with Crippen molar-refractivity contribution in [1.29, 1.82) is 0 Å². The van der Waals surface area contributed by atoms with Crippen LogP contribution in [0.1, 0.15) is 11.1 Å². The van der Waals surface area contributed by atoms with Gasteiger partial charge in [-0.15, -0.1) is 0 Å². The molecule has 0 N–H and O–H groups in total. The fourth-order valence-electron chi connectivity index (χ4n) is 1.03. The van der Waals surface area contributed by atoms with E-state index in [4.69, 9.17) is 0 Å². The number of alkyl halides is 3. The molecule has 17 heavy (non-hydrogen) atoms. The Labute approximate surface area is 94.2 Å². The van der Waals surface area contributed by atoms with E-state index >= 15 is 0 Å². The lowest BCUT2D eigenvalue weighted by Gasteiger charge is -2.08. The molecule has 2 nitrogen and oxygen atoms in total. The van der Waals surface area contributed by atoms with E-state index in [0.29, 0.717) is 6.07 Å². The summed E-state index contributed by atoms with van der Waals surface area (Å²) in [5, 5.41) is 0. The maximum Gasteiger partial charge on any atom is 0.417 e. The van der Waals surface area contributed by atoms with E-state index in [1.54, 1.807) is 0 Å². The lowest BCUT2D eigenvalue weighted by atomic mass is 10.1. The molecule has 1 rings (SSSR count). The first-order chi connectivity index (χ1) is 7.84. The van der Waals surface area contributed by atoms with Gasteiger partial charge in [0.2, 0.25) is 0 Å². The minimum Gasteiger partial charge on any atom is -0.459 e. The zero-order chi connectivity index (χ0) is 13.1. The van der Waals surface area contributed by atoms with E-state index in [-0.39, 0.29) is 0 Å². The molecule has 0 aliphatic rings. The van der Waals surface area contributed by atoms with Gasteiger partial charge in [-0.25, -0.2) is 9.18 Å². The smallest absolute Gasteiger partial charge is 0.417 e. The zero-order valence-electron chi connectivity index (χ0n) is 8.56. The Morgan fingerprint density at radius 2 is 2.00 bits per heavy atom. The van der Waals surface area contributed by atoms with Gasteiger partial charge in [0.1, 0.15) is 5.82 Å². The average molecular weight is 246 g/mol. The number of methoxy groups -OCH3 is 1. The van der Waals surface area contributed by atoms with Crippen molar-refractivity contribution in [2.45, 2.75) is 6.18 Å². The number of hydrogen-bond donors (Lipinski definition) is 0. The number of rotatable bonds is 0. The van der Waals surface area contributed by atoms with E-state index in [9.17, 15) is 22.4 Å². The number of carbonyl (C=O) groups is 1. The minimum atomic E-state index is -4.73. The van der Waals surface area contributed by atoms with Gasteiger partial charge < -0.3 is 4.74 Å². The highest BCUT2D eigenvalue weighted by Crippen LogP contribution is 2.32. The fourth-order valence-corrected chi connectivity index (χ4v) is 1.03. The molecule has 0 radical (unpaired) electrons. The molecule has 0 fully saturated rings. The summed E-state index contributed by atoms with van der Waals surface area (Å²) in [6.07, 6.45) is -4.73. The van der Waals surface area contributed by atoms with Crippen LogP contribution >= 0.6 is 0 Å². The molecule has 0 saturated carbocycles. The summed E-state index contributed by atoms with van der Waals surface area (Å²) in [6.45, 7) is 0. The molecule has 0 spiro atoms. The van der Waals surface area contributed by atoms with Crippen LogP contribution in [0.15, 0.2) is 18.2 Å². The van der Waals surface area contributed by atoms with Crippen LogP contribution in [0, 0.1) is 17.7 Å². The maximum absolute atomic E-state index is 12.7. The quantitative estimate of drug-likeness (QED) is 0.399. The van der Waals surface area contributed by atoms with Crippen molar-refractivity contribution in [3.05, 3.63) is 35.1 Å². The number of benzene rings is 1. The van der Waals surface area contributed by atoms with Crippen molar-refractivity contribution in [2.24, 2.45) is 0 Å². The lowest BCUT2D eigenvalue weighted by Crippen LogP contribution is -2.08. The Hall–Kier alpha value is -2.03. The van der Waals surface area contributed by atoms with Crippen LogP contribution < -0.4 is 0 Å². The molecular formula is C11H6F4O2. The normalized spacial score (nSPS) is 10.4. The second-order valence-corrected chi connectivity index (χ2v) is 2.93. The van der Waals surface area contributed by atoms with Crippen molar-refractivity contribution in [3.8, 4) is 11.8 Å². The largest absolute Gasteiger partial charge is 0.459 e. The summed E-state index contributed by atoms with van der Waals surface area (Å²) in [6, 6.07) is 2.01. The van der Waals surface area contributed by atoms with Crippen LogP contribution in [0.3, 0.4) is 0 Å². The number of ether oxygens (including phenoxy) is 1. The third-order valence-electron chi connectivity index (χ3n) is 1.77. The summed E-state index contributed by atoms with van der Waals surface area (Å²) < 4.78 is 54.3. The molecular weight excluding hydrogens is 240 g/mol. The number of halogens is 4. The molecule has 1 aromatic rings. The Morgan fingerprint density at radius 3 is 2.53 bits per heavy atom. The van der Waals surface area contributed by atoms with Gasteiger partial charge in [0.05, 0.1) is 12.7 Å². The van der Waals surface area contributed by atoms with Crippen LogP contribution in [0.5, 0.6) is 0 Å². The standard InChI is InChI=1S/C11H6F4O2/c1-17-10(16)5-3-7-2-4-8(12)6-9(7)11(13,14)15/h2,4,6H,1H3. The molecule has 1 aromatic carbocycles. The Morgan fingerprint density at radius 1 is 1.35 bits per heavy atom. The third kappa shape index (κ3) is 3.48. The lowest BCUT2D eigenvalue weighted by molar-refractivity contribution is -0.138. The first-order valence-electron chi connectivity index (χ1n) is 4.31. The predicted octanol–water partition coefficient (Wildman–Crippen LogP) is 2.37. The van der Waals surface area contributed by atoms with Crippen LogP contribution in [-0.4, -0.2) is 13.1 Å². The molecule has 0 unspecified atom stereocenters. The molecule has 6 heteroatoms. The minimum absolute atomic E-state index is 0.321. The Bertz CT molecular complexity index is 494. The Kier molecular flexibility index (Phi) is 3.73. The molecule has 0 aliphatic heterocycles. The van der Waals surface area contributed by atoms with E-state index in [1.807, 2.05) is 11.8 Å². The van der Waals surface area contributed by atoms with Gasteiger partial charge in [-0.1, -0.05) is 5.92 Å². The van der Waals surface area contributed by atoms with Crippen LogP contribution in [0.4, 0.5) is 17.6 Å². The van der Waals surface area contributed by atoms with Crippen molar-refractivity contribution in [2.75, 3.05) is 7.11 Å². The second kappa shape index (κ2) is 4.87. The summed E-state index contributed by atoms with van der Waals surface area (Å²) in [5.74, 6) is 1.84. The van der Waals surface area contributed by atoms with Gasteiger partial charge >= 0.3 is 12.1 Å². The van der Waals surface area contributed by atoms with Gasteiger partial charge in [0, 0.05) is 11.5 Å². The third-order valence-corrected chi connectivity index (χ3v) is 1.77. The van der Waals surface area contributed by atoms with Gasteiger partial charge in [-0.3, -0.25) is 0 Å². The van der Waals surface area contributed by atoms with E-state index in [2.05, 4.69) is 4.74 Å². The van der Waals surface area contributed by atoms with Crippen molar-refractivity contribution in [1.82, 2.24) is 0 Å². The van der Waals surface area contributed by atoms with Crippen molar-refractivity contribution in [3.63, 3.8) is 0 Å². The fraction of sp³-hybridized carbons (Fsp3) is 0.182. The van der Waals surface area contributed by atoms with E-state index < -0.39 is 29.1 Å². The van der Waals surface area contributed by atoms with Crippen LogP contribution in [-0.2, 0) is 15.7 Å². The molecule has 0 saturated heterocycles. The van der Waals surface area contributed by atoms with Gasteiger partial charge in [-0.05, 0) is 18.2 Å². The highest BCUT2D eigenvalue weighted by molar-refractivity contribution is 5.89. The molecule has 0 heterocycles. The van der Waals surface area contributed by atoms with Gasteiger partial charge in [-0.2, -0.15) is 13.2 Å². The van der Waals surface area contributed by atoms with E-state index in [1.165, 1.54) is 0 Å². The van der Waals surface area contributed by atoms with E-state index in [0.717, 1.165) is 19.2 Å². The first kappa shape index (κ1) is 13.0. The molecule has 90 valence electrons. The van der Waals surface area contributed by atoms with Crippen molar-refractivity contribution < 1.29 is 27.1 Å². The molecule has 0 aliphatic carbocycles. The second-order valence-electron chi connectivity index (χ2n) is 2.93. The Balaban J connectivity index is 3.23. The zero-order valence-corrected chi connectivity index (χ0v) is 8.56. The highest BCUT2D eigenvalue weighted by atomic mass is 19.4. The highest BCUT2D eigenvalue weighted by Gasteiger charge is 2.33.